The van der Waals surface area contributed by atoms with E-state index < -0.39 is 0 Å². The van der Waals surface area contributed by atoms with Gasteiger partial charge in [0.15, 0.2) is 0 Å². The summed E-state index contributed by atoms with van der Waals surface area (Å²) >= 11 is 0. The molecule has 1 atom stereocenters. The highest BCUT2D eigenvalue weighted by molar-refractivity contribution is 5.68. The number of hydrogen-bond acceptors (Lipinski definition) is 2. The molecule has 2 nitrogen and oxygen atoms in total. The maximum absolute atomic E-state index is 10.9. The molecule has 0 saturated carbocycles. The van der Waals surface area contributed by atoms with E-state index in [0.29, 0.717) is 6.42 Å². The van der Waals surface area contributed by atoms with E-state index in [1.165, 1.54) is 71.3 Å². The van der Waals surface area contributed by atoms with Crippen LogP contribution in [0.4, 0.5) is 0 Å². The van der Waals surface area contributed by atoms with Gasteiger partial charge in [0.2, 0.25) is 0 Å². The molecule has 0 radical (unpaired) electrons. The first-order valence-corrected chi connectivity index (χ1v) is 9.44. The van der Waals surface area contributed by atoms with Crippen LogP contribution in [0.1, 0.15) is 97.3 Å². The summed E-state index contributed by atoms with van der Waals surface area (Å²) in [5, 5.41) is 0. The van der Waals surface area contributed by atoms with Crippen molar-refractivity contribution in [3.05, 3.63) is 12.2 Å². The quantitative estimate of drug-likeness (QED) is 0.197. The van der Waals surface area contributed by atoms with Crippen molar-refractivity contribution in [1.29, 1.82) is 0 Å². The number of unbranched alkanes of at least 4 members (excludes halogenated alkanes) is 9. The average molecular weight is 311 g/mol. The number of hydrogen-bond donors (Lipinski definition) is 0. The van der Waals surface area contributed by atoms with Gasteiger partial charge in [0.05, 0.1) is 7.11 Å². The van der Waals surface area contributed by atoms with Gasteiger partial charge in [-0.25, -0.2) is 0 Å². The van der Waals surface area contributed by atoms with Gasteiger partial charge in [-0.15, -0.1) is 0 Å². The first kappa shape index (κ1) is 21.2. The summed E-state index contributed by atoms with van der Waals surface area (Å²) < 4.78 is 4.63. The van der Waals surface area contributed by atoms with Crippen LogP contribution in [0.3, 0.4) is 0 Å². The van der Waals surface area contributed by atoms with Crippen LogP contribution in [0.5, 0.6) is 0 Å². The molecule has 0 spiro atoms. The van der Waals surface area contributed by atoms with Crippen molar-refractivity contribution in [1.82, 2.24) is 0 Å². The third-order valence-electron chi connectivity index (χ3n) is 4.21. The lowest BCUT2D eigenvalue weighted by Gasteiger charge is -2.06. The number of carbonyl (C=O) groups excluding carboxylic acids is 1. The zero-order valence-corrected chi connectivity index (χ0v) is 15.2. The second kappa shape index (κ2) is 16.6. The van der Waals surface area contributed by atoms with E-state index in [4.69, 9.17) is 0 Å². The highest BCUT2D eigenvalue weighted by Gasteiger charge is 2.00. The first-order chi connectivity index (χ1) is 10.7. The molecule has 0 aromatic rings. The molecule has 0 aliphatic carbocycles. The minimum absolute atomic E-state index is 0.0725. The molecule has 0 heterocycles. The van der Waals surface area contributed by atoms with Crippen LogP contribution < -0.4 is 0 Å². The summed E-state index contributed by atoms with van der Waals surface area (Å²) in [6, 6.07) is 0. The minimum Gasteiger partial charge on any atom is -0.469 e. The molecule has 0 saturated heterocycles. The van der Waals surface area contributed by atoms with Crippen molar-refractivity contribution < 1.29 is 9.53 Å². The van der Waals surface area contributed by atoms with E-state index in [0.717, 1.165) is 18.8 Å². The molecule has 0 N–H and O–H groups in total. The standard InChI is InChI=1S/C20H38O2/c1-4-5-6-10-13-16-19(2)17-14-11-8-7-9-12-15-18-20(21)22-3/h13,16,19H,4-12,14-15,17-18H2,1-3H3/b16-13+. The van der Waals surface area contributed by atoms with Crippen LogP contribution in [-0.2, 0) is 9.53 Å². The van der Waals surface area contributed by atoms with Gasteiger partial charge in [-0.2, -0.15) is 0 Å². The van der Waals surface area contributed by atoms with Crippen molar-refractivity contribution in [2.45, 2.75) is 97.3 Å². The van der Waals surface area contributed by atoms with Gasteiger partial charge in [0.25, 0.3) is 0 Å². The van der Waals surface area contributed by atoms with Crippen molar-refractivity contribution in [3.8, 4) is 0 Å². The maximum atomic E-state index is 10.9. The van der Waals surface area contributed by atoms with Crippen LogP contribution in [-0.4, -0.2) is 13.1 Å². The Kier molecular flexibility index (Phi) is 16.0. The van der Waals surface area contributed by atoms with Gasteiger partial charge in [-0.1, -0.05) is 77.4 Å². The van der Waals surface area contributed by atoms with E-state index in [2.05, 4.69) is 30.7 Å². The van der Waals surface area contributed by atoms with Gasteiger partial charge in [-0.3, -0.25) is 4.79 Å². The van der Waals surface area contributed by atoms with Gasteiger partial charge in [0.1, 0.15) is 0 Å². The van der Waals surface area contributed by atoms with E-state index in [9.17, 15) is 4.79 Å². The topological polar surface area (TPSA) is 26.3 Å². The molecule has 0 bridgehead atoms. The molecule has 1 unspecified atom stereocenters. The molecule has 0 aromatic carbocycles. The predicted molar refractivity (Wildman–Crippen MR) is 96.0 cm³/mol. The second-order valence-corrected chi connectivity index (χ2v) is 6.49. The zero-order valence-electron chi connectivity index (χ0n) is 15.2. The fourth-order valence-electron chi connectivity index (χ4n) is 2.66. The first-order valence-electron chi connectivity index (χ1n) is 9.44. The Morgan fingerprint density at radius 2 is 1.59 bits per heavy atom. The number of methoxy groups -OCH3 is 1. The Hall–Kier alpha value is -0.790. The lowest BCUT2D eigenvalue weighted by molar-refractivity contribution is -0.140. The molecule has 22 heavy (non-hydrogen) atoms. The fraction of sp³-hybridized carbons (Fsp3) is 0.850. The van der Waals surface area contributed by atoms with Gasteiger partial charge < -0.3 is 4.74 Å². The normalized spacial score (nSPS) is 12.7. The Balaban J connectivity index is 3.26. The fourth-order valence-corrected chi connectivity index (χ4v) is 2.66. The Morgan fingerprint density at radius 1 is 0.955 bits per heavy atom. The van der Waals surface area contributed by atoms with Gasteiger partial charge in [0, 0.05) is 6.42 Å². The molecule has 0 fully saturated rings. The SMILES string of the molecule is CCCCC/C=C/C(C)CCCCCCCCCC(=O)OC. The number of rotatable bonds is 15. The average Bonchev–Trinajstić information content (AvgIpc) is 2.52. The van der Waals surface area contributed by atoms with Crippen molar-refractivity contribution >= 4 is 5.97 Å². The van der Waals surface area contributed by atoms with E-state index in [-0.39, 0.29) is 5.97 Å². The van der Waals surface area contributed by atoms with Crippen LogP contribution >= 0.6 is 0 Å². The molecular weight excluding hydrogens is 272 g/mol. The minimum atomic E-state index is -0.0725. The number of carbonyl (C=O) groups is 1. The summed E-state index contributed by atoms with van der Waals surface area (Å²) in [4.78, 5) is 10.9. The Labute approximate surface area is 138 Å². The van der Waals surface area contributed by atoms with E-state index in [1.807, 2.05) is 0 Å². The maximum Gasteiger partial charge on any atom is 0.305 e. The Morgan fingerprint density at radius 3 is 2.23 bits per heavy atom. The molecular formula is C20H38O2. The highest BCUT2D eigenvalue weighted by atomic mass is 16.5. The second-order valence-electron chi connectivity index (χ2n) is 6.49. The molecule has 130 valence electrons. The largest absolute Gasteiger partial charge is 0.469 e. The van der Waals surface area contributed by atoms with Gasteiger partial charge in [-0.05, 0) is 31.6 Å². The van der Waals surface area contributed by atoms with Crippen LogP contribution in [0.25, 0.3) is 0 Å². The molecule has 0 aliphatic heterocycles. The van der Waals surface area contributed by atoms with Crippen molar-refractivity contribution in [2.24, 2.45) is 5.92 Å². The van der Waals surface area contributed by atoms with Crippen LogP contribution in [0.2, 0.25) is 0 Å². The number of allylic oxidation sites excluding steroid dienone is 2. The van der Waals surface area contributed by atoms with E-state index in [1.54, 1.807) is 0 Å². The van der Waals surface area contributed by atoms with Gasteiger partial charge >= 0.3 is 5.97 Å². The summed E-state index contributed by atoms with van der Waals surface area (Å²) in [7, 11) is 1.46. The van der Waals surface area contributed by atoms with Crippen molar-refractivity contribution in [3.63, 3.8) is 0 Å². The smallest absolute Gasteiger partial charge is 0.305 e. The van der Waals surface area contributed by atoms with Crippen LogP contribution in [0, 0.1) is 5.92 Å². The highest BCUT2D eigenvalue weighted by Crippen LogP contribution is 2.14. The number of esters is 1. The summed E-state index contributed by atoms with van der Waals surface area (Å²) in [5.41, 5.74) is 0. The third kappa shape index (κ3) is 15.6. The molecule has 0 amide bonds. The summed E-state index contributed by atoms with van der Waals surface area (Å²) in [5.74, 6) is 0.665. The molecule has 0 aliphatic rings. The van der Waals surface area contributed by atoms with E-state index >= 15 is 0 Å². The lowest BCUT2D eigenvalue weighted by atomic mass is 10.0. The summed E-state index contributed by atoms with van der Waals surface area (Å²) in [6.45, 7) is 4.59. The predicted octanol–water partition coefficient (Wildman–Crippen LogP) is 6.44. The summed E-state index contributed by atoms with van der Waals surface area (Å²) in [6.07, 6.45) is 20.7. The lowest BCUT2D eigenvalue weighted by Crippen LogP contribution is -1.99. The number of ether oxygens (including phenoxy) is 1. The van der Waals surface area contributed by atoms with Crippen molar-refractivity contribution in [2.75, 3.05) is 7.11 Å². The molecule has 2 heteroatoms. The monoisotopic (exact) mass is 310 g/mol. The Bertz CT molecular complexity index is 271. The zero-order chi connectivity index (χ0) is 16.5. The molecule has 0 aromatic heterocycles. The molecule has 0 rings (SSSR count). The van der Waals surface area contributed by atoms with Crippen LogP contribution in [0.15, 0.2) is 12.2 Å². The third-order valence-corrected chi connectivity index (χ3v) is 4.21.